The summed E-state index contributed by atoms with van der Waals surface area (Å²) in [4.78, 5) is 1.28. The van der Waals surface area contributed by atoms with E-state index in [0.29, 0.717) is 22.8 Å². The lowest BCUT2D eigenvalue weighted by Gasteiger charge is -2.25. The van der Waals surface area contributed by atoms with Crippen molar-refractivity contribution in [3.63, 3.8) is 0 Å². The van der Waals surface area contributed by atoms with Crippen LogP contribution >= 0.6 is 23.4 Å². The molecule has 0 bridgehead atoms. The number of rotatable bonds is 8. The third-order valence-electron chi connectivity index (χ3n) is 4.56. The molecule has 0 aliphatic rings. The van der Waals surface area contributed by atoms with Crippen LogP contribution in [0.25, 0.3) is 0 Å². The Morgan fingerprint density at radius 1 is 1.11 bits per heavy atom. The van der Waals surface area contributed by atoms with Crippen LogP contribution in [0.5, 0.6) is 0 Å². The molecule has 0 aliphatic carbocycles. The summed E-state index contributed by atoms with van der Waals surface area (Å²) in [6.45, 7) is 1.90. The molecule has 0 amide bonds. The number of halogens is 4. The molecule has 2 aromatic carbocycles. The summed E-state index contributed by atoms with van der Waals surface area (Å²) >= 11 is 7.58. The zero-order valence-electron chi connectivity index (χ0n) is 15.0. The molecule has 1 atom stereocenters. The van der Waals surface area contributed by atoms with Crippen LogP contribution in [0.4, 0.5) is 13.2 Å². The number of hydrogen-bond donors (Lipinski definition) is 2. The fraction of sp³-hybridized carbons (Fsp3) is 0.400. The molecule has 0 saturated heterocycles. The zero-order valence-corrected chi connectivity index (χ0v) is 16.6. The van der Waals surface area contributed by atoms with Gasteiger partial charge in [-0.15, -0.1) is 0 Å². The molecule has 0 aliphatic heterocycles. The van der Waals surface area contributed by atoms with Crippen LogP contribution in [0.1, 0.15) is 37.3 Å². The van der Waals surface area contributed by atoms with E-state index in [2.05, 4.69) is 0 Å². The third kappa shape index (κ3) is 6.42. The maximum Gasteiger partial charge on any atom is 0.416 e. The summed E-state index contributed by atoms with van der Waals surface area (Å²) in [5.74, 6) is 0. The van der Waals surface area contributed by atoms with Crippen LogP contribution in [-0.4, -0.2) is 17.3 Å². The molecular weight excluding hydrogens is 395 g/mol. The standard InChI is InChI=1S/C20H23ClF3NOS/c1-2-19(25,13-26)10-4-5-14-8-9-17(12-18(14)21)27-16-7-3-6-15(11-16)20(22,23)24/h3,6-9,11-12,26H,2,4-5,10,13,25H2,1H3. The Morgan fingerprint density at radius 2 is 1.81 bits per heavy atom. The topological polar surface area (TPSA) is 46.2 Å². The monoisotopic (exact) mass is 417 g/mol. The lowest BCUT2D eigenvalue weighted by Crippen LogP contribution is -2.42. The SMILES string of the molecule is CCC(N)(CO)CCCc1ccc(Sc2cccc(C(F)(F)F)c2)cc1Cl. The predicted molar refractivity (Wildman–Crippen MR) is 104 cm³/mol. The third-order valence-corrected chi connectivity index (χ3v) is 5.89. The number of hydrogen-bond acceptors (Lipinski definition) is 3. The molecule has 148 valence electrons. The second-order valence-corrected chi connectivity index (χ2v) is 8.16. The summed E-state index contributed by atoms with van der Waals surface area (Å²) in [5, 5.41) is 9.94. The zero-order chi connectivity index (χ0) is 20.1. The second-order valence-electron chi connectivity index (χ2n) is 6.61. The van der Waals surface area contributed by atoms with Crippen LogP contribution in [0.2, 0.25) is 5.02 Å². The van der Waals surface area contributed by atoms with Crippen molar-refractivity contribution in [3.8, 4) is 0 Å². The van der Waals surface area contributed by atoms with Crippen molar-refractivity contribution in [3.05, 3.63) is 58.6 Å². The van der Waals surface area contributed by atoms with Gasteiger partial charge in [0.05, 0.1) is 12.2 Å². The quantitative estimate of drug-likeness (QED) is 0.559. The van der Waals surface area contributed by atoms with Gasteiger partial charge >= 0.3 is 6.18 Å². The normalized spacial score (nSPS) is 14.2. The molecule has 2 rings (SSSR count). The smallest absolute Gasteiger partial charge is 0.394 e. The Bertz CT molecular complexity index is 763. The van der Waals surface area contributed by atoms with E-state index in [1.165, 1.54) is 17.8 Å². The van der Waals surface area contributed by atoms with E-state index in [4.69, 9.17) is 17.3 Å². The number of aliphatic hydroxyl groups is 1. The first-order valence-electron chi connectivity index (χ1n) is 8.70. The Kier molecular flexibility index (Phi) is 7.63. The summed E-state index contributed by atoms with van der Waals surface area (Å²) < 4.78 is 38.5. The van der Waals surface area contributed by atoms with Gasteiger partial charge in [0.15, 0.2) is 0 Å². The maximum atomic E-state index is 12.8. The molecule has 7 heteroatoms. The maximum absolute atomic E-state index is 12.8. The first-order chi connectivity index (χ1) is 12.7. The van der Waals surface area contributed by atoms with E-state index in [1.54, 1.807) is 12.1 Å². The molecule has 27 heavy (non-hydrogen) atoms. The fourth-order valence-electron chi connectivity index (χ4n) is 2.66. The van der Waals surface area contributed by atoms with Gasteiger partial charge < -0.3 is 10.8 Å². The van der Waals surface area contributed by atoms with E-state index in [1.807, 2.05) is 19.1 Å². The van der Waals surface area contributed by atoms with E-state index in [-0.39, 0.29) is 6.61 Å². The van der Waals surface area contributed by atoms with Gasteiger partial charge in [-0.2, -0.15) is 13.2 Å². The summed E-state index contributed by atoms with van der Waals surface area (Å²) in [7, 11) is 0. The number of benzene rings is 2. The van der Waals surface area contributed by atoms with Crippen LogP contribution in [-0.2, 0) is 12.6 Å². The van der Waals surface area contributed by atoms with Gasteiger partial charge in [0, 0.05) is 20.4 Å². The number of nitrogens with two attached hydrogens (primary N) is 1. The average molecular weight is 418 g/mol. The van der Waals surface area contributed by atoms with E-state index in [0.717, 1.165) is 35.4 Å². The highest BCUT2D eigenvalue weighted by Crippen LogP contribution is 2.35. The van der Waals surface area contributed by atoms with Gasteiger partial charge in [-0.25, -0.2) is 0 Å². The number of alkyl halides is 3. The predicted octanol–water partition coefficient (Wildman–Crippen LogP) is 5.93. The lowest BCUT2D eigenvalue weighted by atomic mass is 9.91. The van der Waals surface area contributed by atoms with Crippen molar-refractivity contribution < 1.29 is 18.3 Å². The van der Waals surface area contributed by atoms with E-state index >= 15 is 0 Å². The first kappa shape index (κ1) is 22.1. The molecule has 3 N–H and O–H groups in total. The van der Waals surface area contributed by atoms with Gasteiger partial charge in [0.25, 0.3) is 0 Å². The Morgan fingerprint density at radius 3 is 2.41 bits per heavy atom. The fourth-order valence-corrected chi connectivity index (χ4v) is 3.92. The highest BCUT2D eigenvalue weighted by Gasteiger charge is 2.30. The van der Waals surface area contributed by atoms with Gasteiger partial charge in [-0.1, -0.05) is 42.4 Å². The summed E-state index contributed by atoms with van der Waals surface area (Å²) in [6, 6.07) is 10.7. The highest BCUT2D eigenvalue weighted by atomic mass is 35.5. The molecule has 0 radical (unpaired) electrons. The number of aryl methyl sites for hydroxylation is 1. The Labute approximate surface area is 166 Å². The molecule has 2 aromatic rings. The molecule has 1 unspecified atom stereocenters. The van der Waals surface area contributed by atoms with Crippen LogP contribution in [0, 0.1) is 0 Å². The van der Waals surface area contributed by atoms with Crippen molar-refractivity contribution in [2.75, 3.05) is 6.61 Å². The van der Waals surface area contributed by atoms with Crippen molar-refractivity contribution in [1.82, 2.24) is 0 Å². The van der Waals surface area contributed by atoms with Gasteiger partial charge in [-0.05, 0) is 61.6 Å². The van der Waals surface area contributed by atoms with Crippen LogP contribution in [0.15, 0.2) is 52.3 Å². The summed E-state index contributed by atoms with van der Waals surface area (Å²) in [5.41, 5.74) is 5.81. The molecule has 0 heterocycles. The van der Waals surface area contributed by atoms with Crippen molar-refractivity contribution >= 4 is 23.4 Å². The summed E-state index contributed by atoms with van der Waals surface area (Å²) in [6.07, 6.45) is -1.44. The minimum Gasteiger partial charge on any atom is -0.394 e. The van der Waals surface area contributed by atoms with E-state index in [9.17, 15) is 18.3 Å². The highest BCUT2D eigenvalue weighted by molar-refractivity contribution is 7.99. The largest absolute Gasteiger partial charge is 0.416 e. The van der Waals surface area contributed by atoms with Gasteiger partial charge in [-0.3, -0.25) is 0 Å². The molecule has 0 aromatic heterocycles. The van der Waals surface area contributed by atoms with Crippen molar-refractivity contribution in [1.29, 1.82) is 0 Å². The van der Waals surface area contributed by atoms with E-state index < -0.39 is 17.3 Å². The van der Waals surface area contributed by atoms with Crippen LogP contribution < -0.4 is 5.73 Å². The van der Waals surface area contributed by atoms with Gasteiger partial charge in [0.2, 0.25) is 0 Å². The Hall–Kier alpha value is -1.21. The van der Waals surface area contributed by atoms with Gasteiger partial charge in [0.1, 0.15) is 0 Å². The van der Waals surface area contributed by atoms with Crippen molar-refractivity contribution in [2.45, 2.75) is 54.1 Å². The molecule has 0 saturated carbocycles. The number of aliphatic hydroxyl groups excluding tert-OH is 1. The molecular formula is C20H23ClF3NOS. The second kappa shape index (κ2) is 9.32. The molecule has 0 spiro atoms. The van der Waals surface area contributed by atoms with Crippen LogP contribution in [0.3, 0.4) is 0 Å². The van der Waals surface area contributed by atoms with Crippen molar-refractivity contribution in [2.24, 2.45) is 5.73 Å². The Balaban J connectivity index is 2.02. The average Bonchev–Trinajstić information content (AvgIpc) is 2.63. The minimum atomic E-state index is -4.36. The molecule has 0 fully saturated rings. The molecule has 2 nitrogen and oxygen atoms in total. The first-order valence-corrected chi connectivity index (χ1v) is 9.89. The lowest BCUT2D eigenvalue weighted by molar-refractivity contribution is -0.137. The minimum absolute atomic E-state index is 0.0518.